The molecule has 0 saturated carbocycles. The van der Waals surface area contributed by atoms with E-state index in [4.69, 9.17) is 9.15 Å². The molecule has 0 bridgehead atoms. The molecular weight excluding hydrogens is 265 g/mol. The highest BCUT2D eigenvalue weighted by molar-refractivity contribution is 5.81. The van der Waals surface area contributed by atoms with Gasteiger partial charge in [0, 0.05) is 19.4 Å². The second kappa shape index (κ2) is 5.20. The average molecular weight is 278 g/mol. The van der Waals surface area contributed by atoms with Crippen molar-refractivity contribution in [2.45, 2.75) is 31.7 Å². The van der Waals surface area contributed by atoms with Crippen LogP contribution in [0.5, 0.6) is 0 Å². The number of nitrogens with zero attached hydrogens (tertiary/aromatic N) is 1. The molecule has 2 rings (SSSR count). The predicted molar refractivity (Wildman–Crippen MR) is 57.0 cm³/mol. The number of rotatable bonds is 4. The topological polar surface area (TPSA) is 64.4 Å². The van der Waals surface area contributed by atoms with Gasteiger partial charge in [-0.1, -0.05) is 0 Å². The van der Waals surface area contributed by atoms with Gasteiger partial charge in [0.1, 0.15) is 12.6 Å². The molecule has 1 amide bonds. The second-order valence-electron chi connectivity index (χ2n) is 4.39. The van der Waals surface area contributed by atoms with Gasteiger partial charge in [-0.05, 0) is 6.42 Å². The van der Waals surface area contributed by atoms with Gasteiger partial charge in [-0.25, -0.2) is 4.98 Å². The molecule has 2 unspecified atom stereocenters. The van der Waals surface area contributed by atoms with Crippen LogP contribution in [0, 0.1) is 5.92 Å². The van der Waals surface area contributed by atoms with Crippen molar-refractivity contribution in [1.82, 2.24) is 10.3 Å². The van der Waals surface area contributed by atoms with Gasteiger partial charge in [0.2, 0.25) is 5.91 Å². The zero-order valence-corrected chi connectivity index (χ0v) is 10.2. The maximum absolute atomic E-state index is 12.5. The number of amides is 1. The Bertz CT molecular complexity index is 458. The lowest BCUT2D eigenvalue weighted by atomic mass is 9.98. The molecule has 0 spiro atoms. The number of alkyl halides is 3. The van der Waals surface area contributed by atoms with Gasteiger partial charge in [-0.2, -0.15) is 13.2 Å². The van der Waals surface area contributed by atoms with Gasteiger partial charge in [0.15, 0.2) is 12.2 Å². The third-order valence-electron chi connectivity index (χ3n) is 3.04. The van der Waals surface area contributed by atoms with Crippen LogP contribution in [0.4, 0.5) is 13.2 Å². The molecule has 2 heterocycles. The summed E-state index contributed by atoms with van der Waals surface area (Å²) in [5.74, 6) is -0.910. The number of hydrogen-bond donors (Lipinski definition) is 1. The quantitative estimate of drug-likeness (QED) is 0.905. The van der Waals surface area contributed by atoms with Gasteiger partial charge >= 0.3 is 6.18 Å². The number of hydrogen-bond acceptors (Lipinski definition) is 4. The molecule has 1 aromatic rings. The summed E-state index contributed by atoms with van der Waals surface area (Å²) in [6, 6.07) is -1.78. The molecule has 106 valence electrons. The number of carbonyl (C=O) groups is 1. The summed E-state index contributed by atoms with van der Waals surface area (Å²) in [5, 5.41) is 1.95. The van der Waals surface area contributed by atoms with E-state index in [0.29, 0.717) is 11.5 Å². The number of nitrogens with one attached hydrogen (secondary N) is 1. The number of oxazole rings is 1. The Morgan fingerprint density at radius 2 is 2.32 bits per heavy atom. The van der Waals surface area contributed by atoms with E-state index >= 15 is 0 Å². The fourth-order valence-electron chi connectivity index (χ4n) is 2.07. The number of methoxy groups -OCH3 is 1. The minimum atomic E-state index is -4.41. The third-order valence-corrected chi connectivity index (χ3v) is 3.04. The van der Waals surface area contributed by atoms with Gasteiger partial charge in [-0.3, -0.25) is 4.79 Å². The minimum Gasteiger partial charge on any atom is -0.446 e. The van der Waals surface area contributed by atoms with Crippen LogP contribution in [0.15, 0.2) is 10.8 Å². The van der Waals surface area contributed by atoms with E-state index in [2.05, 4.69) is 4.98 Å². The third kappa shape index (κ3) is 3.06. The monoisotopic (exact) mass is 278 g/mol. The molecule has 1 aromatic heterocycles. The van der Waals surface area contributed by atoms with Crippen molar-refractivity contribution < 1.29 is 27.1 Å². The lowest BCUT2D eigenvalue weighted by Crippen LogP contribution is -2.38. The second-order valence-corrected chi connectivity index (χ2v) is 4.39. The summed E-state index contributed by atoms with van der Waals surface area (Å²) in [6.45, 7) is 0.173. The summed E-state index contributed by atoms with van der Waals surface area (Å²) in [5.41, 5.74) is 0.463. The highest BCUT2D eigenvalue weighted by atomic mass is 19.4. The van der Waals surface area contributed by atoms with Crippen LogP contribution < -0.4 is 5.32 Å². The number of halogens is 3. The summed E-state index contributed by atoms with van der Waals surface area (Å²) in [4.78, 5) is 15.4. The van der Waals surface area contributed by atoms with Crippen LogP contribution in [0.25, 0.3) is 0 Å². The van der Waals surface area contributed by atoms with E-state index in [9.17, 15) is 18.0 Å². The fraction of sp³-hybridized carbons (Fsp3) is 0.636. The van der Waals surface area contributed by atoms with E-state index in [1.807, 2.05) is 5.32 Å². The minimum absolute atomic E-state index is 0.119. The Balaban J connectivity index is 2.03. The highest BCUT2D eigenvalue weighted by Gasteiger charge is 2.47. The molecule has 19 heavy (non-hydrogen) atoms. The Kier molecular flexibility index (Phi) is 3.79. The first-order valence-electron chi connectivity index (χ1n) is 5.69. The molecule has 2 atom stereocenters. The van der Waals surface area contributed by atoms with Crippen LogP contribution in [-0.2, 0) is 22.6 Å². The lowest BCUT2D eigenvalue weighted by molar-refractivity contribution is -0.154. The summed E-state index contributed by atoms with van der Waals surface area (Å²) < 4.78 is 47.5. The van der Waals surface area contributed by atoms with E-state index in [-0.39, 0.29) is 19.4 Å². The first kappa shape index (κ1) is 13.9. The normalized spacial score (nSPS) is 23.7. The Labute approximate surface area is 107 Å². The molecule has 1 N–H and O–H groups in total. The van der Waals surface area contributed by atoms with E-state index in [0.717, 1.165) is 0 Å². The Morgan fingerprint density at radius 1 is 1.58 bits per heavy atom. The summed E-state index contributed by atoms with van der Waals surface area (Å²) in [6.07, 6.45) is -3.38. The standard InChI is InChI=1S/C11H13F3N2O3/c1-18-4-8-7(15-5-19-8)2-6-3-9(11(12,13)14)16-10(6)17/h5-6,9H,2-4H2,1H3,(H,16,17). The maximum Gasteiger partial charge on any atom is 0.408 e. The Morgan fingerprint density at radius 3 is 2.89 bits per heavy atom. The zero-order valence-electron chi connectivity index (χ0n) is 10.2. The van der Waals surface area contributed by atoms with Crippen LogP contribution in [-0.4, -0.2) is 30.2 Å². The Hall–Kier alpha value is -1.57. The van der Waals surface area contributed by atoms with Gasteiger partial charge in [0.05, 0.1) is 5.69 Å². The smallest absolute Gasteiger partial charge is 0.408 e. The molecule has 1 aliphatic heterocycles. The van der Waals surface area contributed by atoms with Gasteiger partial charge in [-0.15, -0.1) is 0 Å². The van der Waals surface area contributed by atoms with Crippen molar-refractivity contribution in [2.24, 2.45) is 5.92 Å². The van der Waals surface area contributed by atoms with Crippen molar-refractivity contribution in [2.75, 3.05) is 7.11 Å². The van der Waals surface area contributed by atoms with Crippen molar-refractivity contribution in [3.8, 4) is 0 Å². The van der Waals surface area contributed by atoms with Crippen molar-refractivity contribution in [1.29, 1.82) is 0 Å². The highest BCUT2D eigenvalue weighted by Crippen LogP contribution is 2.31. The lowest BCUT2D eigenvalue weighted by Gasteiger charge is -2.13. The SMILES string of the molecule is COCc1ocnc1CC1CC(C(F)(F)F)NC1=O. The van der Waals surface area contributed by atoms with Crippen molar-refractivity contribution in [3.05, 3.63) is 17.8 Å². The van der Waals surface area contributed by atoms with Gasteiger partial charge < -0.3 is 14.5 Å². The molecule has 0 aromatic carbocycles. The molecule has 0 radical (unpaired) electrons. The largest absolute Gasteiger partial charge is 0.446 e. The summed E-state index contributed by atoms with van der Waals surface area (Å²) >= 11 is 0. The number of carbonyl (C=O) groups excluding carboxylic acids is 1. The number of ether oxygens (including phenoxy) is 1. The van der Waals surface area contributed by atoms with Crippen LogP contribution in [0.3, 0.4) is 0 Å². The van der Waals surface area contributed by atoms with E-state index < -0.39 is 24.0 Å². The molecule has 1 saturated heterocycles. The van der Waals surface area contributed by atoms with Crippen LogP contribution in [0.2, 0.25) is 0 Å². The summed E-state index contributed by atoms with van der Waals surface area (Å²) in [7, 11) is 1.47. The molecule has 1 fully saturated rings. The number of aromatic nitrogens is 1. The predicted octanol–water partition coefficient (Wildman–Crippen LogP) is 1.43. The van der Waals surface area contributed by atoms with E-state index in [1.165, 1.54) is 13.5 Å². The molecule has 1 aliphatic rings. The van der Waals surface area contributed by atoms with Gasteiger partial charge in [0.25, 0.3) is 0 Å². The average Bonchev–Trinajstić information content (AvgIpc) is 2.88. The zero-order chi connectivity index (χ0) is 14.0. The molecule has 8 heteroatoms. The molecule has 5 nitrogen and oxygen atoms in total. The van der Waals surface area contributed by atoms with Crippen molar-refractivity contribution >= 4 is 5.91 Å². The van der Waals surface area contributed by atoms with E-state index in [1.54, 1.807) is 0 Å². The maximum atomic E-state index is 12.5. The first-order chi connectivity index (χ1) is 8.91. The van der Waals surface area contributed by atoms with Crippen LogP contribution in [0.1, 0.15) is 17.9 Å². The first-order valence-corrected chi connectivity index (χ1v) is 5.69. The molecule has 0 aliphatic carbocycles. The fourth-order valence-corrected chi connectivity index (χ4v) is 2.07. The molecular formula is C11H13F3N2O3. The van der Waals surface area contributed by atoms with Crippen molar-refractivity contribution in [3.63, 3.8) is 0 Å². The van der Waals surface area contributed by atoms with Crippen LogP contribution >= 0.6 is 0 Å².